The van der Waals surface area contributed by atoms with Crippen LogP contribution in [0.4, 0.5) is 11.4 Å². The first kappa shape index (κ1) is 24.2. The summed E-state index contributed by atoms with van der Waals surface area (Å²) in [5.41, 5.74) is 7.77. The van der Waals surface area contributed by atoms with Gasteiger partial charge in [0, 0.05) is 0 Å². The Bertz CT molecular complexity index is 940. The Balaban J connectivity index is 0.000000941. The van der Waals surface area contributed by atoms with Gasteiger partial charge in [0.2, 0.25) is 0 Å². The van der Waals surface area contributed by atoms with Crippen molar-refractivity contribution in [3.63, 3.8) is 0 Å². The van der Waals surface area contributed by atoms with Gasteiger partial charge in [-0.05, 0) is 63.1 Å². The molecule has 1 heterocycles. The van der Waals surface area contributed by atoms with E-state index in [1.165, 1.54) is 8.46 Å². The molecule has 0 unspecified atom stereocenters. The van der Waals surface area contributed by atoms with E-state index in [2.05, 4.69) is 66.7 Å². The second kappa shape index (κ2) is 12.6. The number of aromatic nitrogens is 1. The molecule has 0 bridgehead atoms. The second-order valence-electron chi connectivity index (χ2n) is 6.43. The predicted molar refractivity (Wildman–Crippen MR) is 138 cm³/mol. The molecular formula is C23H23FeI2N3. The van der Waals surface area contributed by atoms with E-state index in [0.29, 0.717) is 0 Å². The van der Waals surface area contributed by atoms with Crippen molar-refractivity contribution >= 4 is 63.5 Å². The molecule has 0 aliphatic heterocycles. The van der Waals surface area contributed by atoms with Gasteiger partial charge in [-0.15, -0.1) is 0 Å². The average molecular weight is 651 g/mol. The van der Waals surface area contributed by atoms with Crippen molar-refractivity contribution in [3.05, 3.63) is 89.2 Å². The third-order valence-corrected chi connectivity index (χ3v) is 4.30. The van der Waals surface area contributed by atoms with Crippen LogP contribution >= 0.6 is 40.7 Å². The van der Waals surface area contributed by atoms with Crippen LogP contribution in [-0.4, -0.2) is 16.4 Å². The number of hydrogen-bond donors (Lipinski definition) is 0. The van der Waals surface area contributed by atoms with Crippen LogP contribution in [0.2, 0.25) is 0 Å². The fourth-order valence-electron chi connectivity index (χ4n) is 2.69. The molecule has 0 N–H and O–H groups in total. The van der Waals surface area contributed by atoms with E-state index >= 15 is 0 Å². The van der Waals surface area contributed by atoms with Gasteiger partial charge in [0.15, 0.2) is 0 Å². The van der Waals surface area contributed by atoms with E-state index in [4.69, 9.17) is 15.0 Å². The van der Waals surface area contributed by atoms with Gasteiger partial charge in [-0.1, -0.05) is 42.5 Å². The number of aliphatic imine (C=N–C) groups is 2. The molecule has 0 aliphatic carbocycles. The van der Waals surface area contributed by atoms with Crippen LogP contribution in [0.1, 0.15) is 36.4 Å². The third-order valence-electron chi connectivity index (χ3n) is 4.30. The van der Waals surface area contributed by atoms with Crippen LogP contribution in [-0.2, 0) is 8.46 Å². The Kier molecular flexibility index (Phi) is 10.5. The first-order chi connectivity index (χ1) is 14.0. The standard InChI is InChI=1S/C23H23N3.Fe.2HI/c1-16-10-5-7-12-20(16)24-18(3)22-14-9-15-23(26-22)19(4)25-21-13-8-6-11-17(21)2;;;/h5-15H,1-4H3;;2*1H/q;+2;;/p-2. The molecule has 0 saturated heterocycles. The number of para-hydroxylation sites is 2. The topological polar surface area (TPSA) is 37.6 Å². The van der Waals surface area contributed by atoms with Crippen molar-refractivity contribution in [2.75, 3.05) is 0 Å². The average Bonchev–Trinajstić information content (AvgIpc) is 2.72. The Morgan fingerprint density at radius 2 is 1.07 bits per heavy atom. The van der Waals surface area contributed by atoms with Crippen molar-refractivity contribution in [2.24, 2.45) is 9.98 Å². The number of rotatable bonds is 4. The van der Waals surface area contributed by atoms with E-state index in [9.17, 15) is 0 Å². The zero-order valence-electron chi connectivity index (χ0n) is 16.8. The summed E-state index contributed by atoms with van der Waals surface area (Å²) in [7, 11) is 1.19. The molecular weight excluding hydrogens is 628 g/mol. The van der Waals surface area contributed by atoms with Gasteiger partial charge in [-0.25, -0.2) is 4.98 Å². The third kappa shape index (κ3) is 7.59. The summed E-state index contributed by atoms with van der Waals surface area (Å²) >= 11 is 4.55. The second-order valence-corrected chi connectivity index (χ2v) is 15.7. The molecule has 0 aliphatic rings. The van der Waals surface area contributed by atoms with Crippen molar-refractivity contribution in [3.8, 4) is 0 Å². The molecule has 3 rings (SSSR count). The maximum atomic E-state index is 4.76. The van der Waals surface area contributed by atoms with Crippen LogP contribution in [0.25, 0.3) is 0 Å². The summed E-state index contributed by atoms with van der Waals surface area (Å²) in [5, 5.41) is 0. The van der Waals surface area contributed by atoms with Gasteiger partial charge in [-0.3, -0.25) is 9.98 Å². The molecule has 1 aromatic heterocycles. The zero-order valence-corrected chi connectivity index (χ0v) is 22.2. The van der Waals surface area contributed by atoms with Gasteiger partial charge in [0.1, 0.15) is 0 Å². The number of nitrogens with zero attached hydrogens (tertiary/aromatic N) is 3. The zero-order chi connectivity index (χ0) is 21.2. The summed E-state index contributed by atoms with van der Waals surface area (Å²) < 4.78 is 0. The molecule has 0 amide bonds. The normalized spacial score (nSPS) is 11.8. The first-order valence-corrected chi connectivity index (χ1v) is 16.1. The van der Waals surface area contributed by atoms with Crippen LogP contribution in [0, 0.1) is 13.8 Å². The van der Waals surface area contributed by atoms with Gasteiger partial charge in [-0.2, -0.15) is 0 Å². The molecule has 0 radical (unpaired) electrons. The number of hydrogen-bond acceptors (Lipinski definition) is 3. The Morgan fingerprint density at radius 1 is 0.690 bits per heavy atom. The molecule has 3 nitrogen and oxygen atoms in total. The molecule has 0 saturated carbocycles. The quantitative estimate of drug-likeness (QED) is 0.162. The van der Waals surface area contributed by atoms with Crippen LogP contribution < -0.4 is 0 Å². The summed E-state index contributed by atoms with van der Waals surface area (Å²) in [5.74, 6) is 0. The van der Waals surface area contributed by atoms with Crippen molar-refractivity contribution in [2.45, 2.75) is 27.7 Å². The van der Waals surface area contributed by atoms with Gasteiger partial charge >= 0.3 is 49.1 Å². The summed E-state index contributed by atoms with van der Waals surface area (Å²) in [6.07, 6.45) is 0. The number of benzene rings is 2. The molecule has 29 heavy (non-hydrogen) atoms. The fourth-order valence-corrected chi connectivity index (χ4v) is 2.69. The van der Waals surface area contributed by atoms with Crippen molar-refractivity contribution in [1.82, 2.24) is 4.98 Å². The van der Waals surface area contributed by atoms with Gasteiger partial charge in [0.05, 0.1) is 34.2 Å². The fraction of sp³-hybridized carbons (Fsp3) is 0.174. The summed E-state index contributed by atoms with van der Waals surface area (Å²) in [4.78, 5) is 14.2. The number of aryl methyl sites for hydroxylation is 2. The van der Waals surface area contributed by atoms with E-state index in [1.807, 2.05) is 68.4 Å². The molecule has 152 valence electrons. The number of pyridine rings is 1. The van der Waals surface area contributed by atoms with E-state index < -0.39 is 0 Å². The van der Waals surface area contributed by atoms with Crippen LogP contribution in [0.15, 0.2) is 76.7 Å². The minimum absolute atomic E-state index is 0.866. The summed E-state index contributed by atoms with van der Waals surface area (Å²) in [6.45, 7) is 8.11. The molecule has 0 spiro atoms. The van der Waals surface area contributed by atoms with Crippen LogP contribution in [0.3, 0.4) is 0 Å². The minimum atomic E-state index is 0.866. The SMILES string of the molecule is CC(=Nc1ccccc1C)c1cccc(C(C)=Nc2ccccc2C)n1.[I][Fe][I]. The first-order valence-electron chi connectivity index (χ1n) is 9.01. The van der Waals surface area contributed by atoms with Gasteiger partial charge in [0.25, 0.3) is 0 Å². The van der Waals surface area contributed by atoms with Crippen molar-refractivity contribution < 1.29 is 8.46 Å². The molecule has 3 aromatic rings. The maximum absolute atomic E-state index is 4.76. The van der Waals surface area contributed by atoms with E-state index in [0.717, 1.165) is 45.3 Å². The van der Waals surface area contributed by atoms with Crippen molar-refractivity contribution in [1.29, 1.82) is 0 Å². The Labute approximate surface area is 202 Å². The predicted octanol–water partition coefficient (Wildman–Crippen LogP) is 7.75. The molecule has 0 atom stereocenters. The van der Waals surface area contributed by atoms with E-state index in [-0.39, 0.29) is 0 Å². The molecule has 2 aromatic carbocycles. The number of halogens is 2. The van der Waals surface area contributed by atoms with Crippen LogP contribution in [0.5, 0.6) is 0 Å². The molecule has 0 fully saturated rings. The van der Waals surface area contributed by atoms with Gasteiger partial charge < -0.3 is 0 Å². The monoisotopic (exact) mass is 651 g/mol. The molecule has 6 heteroatoms. The summed E-state index contributed by atoms with van der Waals surface area (Å²) in [6, 6.07) is 22.2. The Hall–Kier alpha value is -1.09. The van der Waals surface area contributed by atoms with E-state index in [1.54, 1.807) is 0 Å². The Morgan fingerprint density at radius 3 is 1.45 bits per heavy atom.